The van der Waals surface area contributed by atoms with E-state index in [9.17, 15) is 9.18 Å². The molecule has 2 rings (SSSR count). The molecular weight excluding hydrogens is 225 g/mol. The van der Waals surface area contributed by atoms with E-state index in [1.807, 2.05) is 0 Å². The van der Waals surface area contributed by atoms with Crippen molar-refractivity contribution in [3.63, 3.8) is 0 Å². The third kappa shape index (κ3) is 2.60. The highest BCUT2D eigenvalue weighted by Crippen LogP contribution is 2.15. The Hall–Kier alpha value is -2.37. The van der Waals surface area contributed by atoms with Crippen LogP contribution in [0, 0.1) is 5.82 Å². The summed E-state index contributed by atoms with van der Waals surface area (Å²) in [5.41, 5.74) is 1.05. The lowest BCUT2D eigenvalue weighted by atomic mass is 10.2. The molecule has 0 radical (unpaired) electrons. The van der Waals surface area contributed by atoms with E-state index >= 15 is 0 Å². The van der Waals surface area contributed by atoms with Crippen LogP contribution < -0.4 is 5.32 Å². The molecule has 0 unspecified atom stereocenters. The van der Waals surface area contributed by atoms with Crippen LogP contribution in [0.1, 0.15) is 16.1 Å². The molecule has 1 aromatic heterocycles. The second-order valence-corrected chi connectivity index (χ2v) is 3.44. The maximum atomic E-state index is 13.1. The molecule has 0 saturated carbocycles. The molecule has 3 N–H and O–H groups in total. The SMILES string of the molecule is O=C(O)c1cc(NCc2ccn[nH]2)ccc1F. The molecule has 5 nitrogen and oxygen atoms in total. The van der Waals surface area contributed by atoms with Gasteiger partial charge in [0, 0.05) is 11.9 Å². The Morgan fingerprint density at radius 3 is 2.94 bits per heavy atom. The summed E-state index contributed by atoms with van der Waals surface area (Å²) >= 11 is 0. The summed E-state index contributed by atoms with van der Waals surface area (Å²) in [5.74, 6) is -2.03. The molecule has 17 heavy (non-hydrogen) atoms. The van der Waals surface area contributed by atoms with Gasteiger partial charge in [0.25, 0.3) is 0 Å². The van der Waals surface area contributed by atoms with Gasteiger partial charge in [-0.05, 0) is 24.3 Å². The maximum Gasteiger partial charge on any atom is 0.338 e. The van der Waals surface area contributed by atoms with Crippen LogP contribution in [-0.2, 0) is 6.54 Å². The van der Waals surface area contributed by atoms with Gasteiger partial charge >= 0.3 is 5.97 Å². The molecular formula is C11H10FN3O2. The van der Waals surface area contributed by atoms with Crippen molar-refractivity contribution in [2.24, 2.45) is 0 Å². The number of carboxylic acids is 1. The molecule has 1 aromatic carbocycles. The van der Waals surface area contributed by atoms with Crippen molar-refractivity contribution in [3.8, 4) is 0 Å². The Balaban J connectivity index is 2.11. The Morgan fingerprint density at radius 1 is 1.47 bits per heavy atom. The molecule has 0 spiro atoms. The van der Waals surface area contributed by atoms with Crippen LogP contribution >= 0.6 is 0 Å². The van der Waals surface area contributed by atoms with Gasteiger partial charge in [-0.25, -0.2) is 9.18 Å². The van der Waals surface area contributed by atoms with Crippen molar-refractivity contribution in [1.82, 2.24) is 10.2 Å². The molecule has 0 atom stereocenters. The van der Waals surface area contributed by atoms with Crippen molar-refractivity contribution in [2.45, 2.75) is 6.54 Å². The second kappa shape index (κ2) is 4.65. The minimum Gasteiger partial charge on any atom is -0.478 e. The minimum atomic E-state index is -1.28. The van der Waals surface area contributed by atoms with Gasteiger partial charge in [-0.3, -0.25) is 5.10 Å². The van der Waals surface area contributed by atoms with Crippen LogP contribution in [0.3, 0.4) is 0 Å². The molecule has 0 saturated heterocycles. The van der Waals surface area contributed by atoms with Crippen LogP contribution in [0.25, 0.3) is 0 Å². The van der Waals surface area contributed by atoms with E-state index in [0.29, 0.717) is 12.2 Å². The van der Waals surface area contributed by atoms with Crippen LogP contribution in [0.5, 0.6) is 0 Å². The highest BCUT2D eigenvalue weighted by molar-refractivity contribution is 5.89. The van der Waals surface area contributed by atoms with Gasteiger partial charge in [0.15, 0.2) is 0 Å². The second-order valence-electron chi connectivity index (χ2n) is 3.44. The number of carbonyl (C=O) groups is 1. The van der Waals surface area contributed by atoms with Crippen molar-refractivity contribution in [1.29, 1.82) is 0 Å². The predicted molar refractivity (Wildman–Crippen MR) is 59.3 cm³/mol. The first-order valence-corrected chi connectivity index (χ1v) is 4.92. The summed E-state index contributed by atoms with van der Waals surface area (Å²) in [6.07, 6.45) is 1.62. The quantitative estimate of drug-likeness (QED) is 0.755. The van der Waals surface area contributed by atoms with Gasteiger partial charge in [0.05, 0.1) is 17.8 Å². The molecule has 1 heterocycles. The van der Waals surface area contributed by atoms with Crippen molar-refractivity contribution >= 4 is 11.7 Å². The van der Waals surface area contributed by atoms with Crippen LogP contribution in [0.2, 0.25) is 0 Å². The number of benzene rings is 1. The highest BCUT2D eigenvalue weighted by atomic mass is 19.1. The summed E-state index contributed by atoms with van der Waals surface area (Å²) in [4.78, 5) is 10.7. The fourth-order valence-electron chi connectivity index (χ4n) is 1.38. The van der Waals surface area contributed by atoms with Gasteiger partial charge < -0.3 is 10.4 Å². The largest absolute Gasteiger partial charge is 0.478 e. The molecule has 0 fully saturated rings. The summed E-state index contributed by atoms with van der Waals surface area (Å²) in [7, 11) is 0. The first kappa shape index (κ1) is 11.1. The number of aromatic amines is 1. The number of carboxylic acid groups (broad SMARTS) is 1. The Kier molecular flexibility index (Phi) is 3.04. The van der Waals surface area contributed by atoms with Gasteiger partial charge in [-0.1, -0.05) is 0 Å². The lowest BCUT2D eigenvalue weighted by Crippen LogP contribution is -2.04. The first-order chi connectivity index (χ1) is 8.16. The van der Waals surface area contributed by atoms with E-state index < -0.39 is 11.8 Å². The van der Waals surface area contributed by atoms with E-state index in [2.05, 4.69) is 15.5 Å². The summed E-state index contributed by atoms with van der Waals surface area (Å²) in [6.45, 7) is 0.463. The van der Waals surface area contributed by atoms with Crippen molar-refractivity contribution < 1.29 is 14.3 Å². The molecule has 6 heteroatoms. The molecule has 0 aliphatic rings. The standard InChI is InChI=1S/C11H10FN3O2/c12-10-2-1-7(5-9(10)11(16)17)13-6-8-3-4-14-15-8/h1-5,13H,6H2,(H,14,15)(H,16,17). The average molecular weight is 235 g/mol. The van der Waals surface area contributed by atoms with Gasteiger partial charge in [-0.2, -0.15) is 5.10 Å². The zero-order chi connectivity index (χ0) is 12.3. The average Bonchev–Trinajstić information content (AvgIpc) is 2.80. The van der Waals surface area contributed by atoms with E-state index in [4.69, 9.17) is 5.11 Å². The molecule has 88 valence electrons. The molecule has 0 aliphatic heterocycles. The third-order valence-corrected chi connectivity index (χ3v) is 2.24. The lowest BCUT2D eigenvalue weighted by molar-refractivity contribution is 0.0692. The number of hydrogen-bond donors (Lipinski definition) is 3. The Bertz CT molecular complexity index is 526. The summed E-state index contributed by atoms with van der Waals surface area (Å²) in [6, 6.07) is 5.65. The fourth-order valence-corrected chi connectivity index (χ4v) is 1.38. The minimum absolute atomic E-state index is 0.348. The maximum absolute atomic E-state index is 13.1. The summed E-state index contributed by atoms with van der Waals surface area (Å²) in [5, 5.41) is 18.3. The predicted octanol–water partition coefficient (Wildman–Crippen LogP) is 1.86. The molecule has 0 bridgehead atoms. The van der Waals surface area contributed by atoms with Gasteiger partial charge in [0.2, 0.25) is 0 Å². The fraction of sp³-hybridized carbons (Fsp3) is 0.0909. The van der Waals surface area contributed by atoms with Crippen molar-refractivity contribution in [3.05, 3.63) is 47.5 Å². The zero-order valence-corrected chi connectivity index (χ0v) is 8.77. The number of nitrogens with one attached hydrogen (secondary N) is 2. The van der Waals surface area contributed by atoms with Gasteiger partial charge in [0.1, 0.15) is 5.82 Å². The number of nitrogens with zero attached hydrogens (tertiary/aromatic N) is 1. The van der Waals surface area contributed by atoms with E-state index in [0.717, 1.165) is 11.8 Å². The van der Waals surface area contributed by atoms with E-state index in [1.54, 1.807) is 12.3 Å². The van der Waals surface area contributed by atoms with Crippen LogP contribution in [0.4, 0.5) is 10.1 Å². The first-order valence-electron chi connectivity index (χ1n) is 4.92. The number of H-pyrrole nitrogens is 1. The topological polar surface area (TPSA) is 78.0 Å². The number of anilines is 1. The lowest BCUT2D eigenvalue weighted by Gasteiger charge is -2.06. The zero-order valence-electron chi connectivity index (χ0n) is 8.77. The number of hydrogen-bond acceptors (Lipinski definition) is 3. The molecule has 0 amide bonds. The Labute approximate surface area is 96.3 Å². The number of halogens is 1. The number of aromatic carboxylic acids is 1. The number of aromatic nitrogens is 2. The van der Waals surface area contributed by atoms with E-state index in [1.165, 1.54) is 12.1 Å². The summed E-state index contributed by atoms with van der Waals surface area (Å²) < 4.78 is 13.1. The third-order valence-electron chi connectivity index (χ3n) is 2.24. The Morgan fingerprint density at radius 2 is 2.29 bits per heavy atom. The number of rotatable bonds is 4. The molecule has 0 aliphatic carbocycles. The van der Waals surface area contributed by atoms with E-state index in [-0.39, 0.29) is 5.56 Å². The van der Waals surface area contributed by atoms with Crippen LogP contribution in [0.15, 0.2) is 30.5 Å². The molecule has 2 aromatic rings. The monoisotopic (exact) mass is 235 g/mol. The van der Waals surface area contributed by atoms with Crippen LogP contribution in [-0.4, -0.2) is 21.3 Å². The normalized spacial score (nSPS) is 10.2. The van der Waals surface area contributed by atoms with Gasteiger partial charge in [-0.15, -0.1) is 0 Å². The highest BCUT2D eigenvalue weighted by Gasteiger charge is 2.10. The smallest absolute Gasteiger partial charge is 0.338 e. The van der Waals surface area contributed by atoms with Crippen molar-refractivity contribution in [2.75, 3.05) is 5.32 Å².